The van der Waals surface area contributed by atoms with Crippen LogP contribution in [0.2, 0.25) is 0 Å². The van der Waals surface area contributed by atoms with Gasteiger partial charge in [-0.1, -0.05) is 0 Å². The summed E-state index contributed by atoms with van der Waals surface area (Å²) in [6, 6.07) is 6.20. The molecule has 0 bridgehead atoms. The van der Waals surface area contributed by atoms with E-state index in [2.05, 4.69) is 29.0 Å². The Hall–Kier alpha value is -1.88. The van der Waals surface area contributed by atoms with Crippen LogP contribution < -0.4 is 5.73 Å². The molecule has 0 unspecified atom stereocenters. The van der Waals surface area contributed by atoms with Gasteiger partial charge in [0.05, 0.1) is 18.3 Å². The maximum Gasteiger partial charge on any atom is 0.201 e. The molecule has 0 aliphatic heterocycles. The predicted molar refractivity (Wildman–Crippen MR) is 70.1 cm³/mol. The Labute approximate surface area is 103 Å². The van der Waals surface area contributed by atoms with E-state index in [0.29, 0.717) is 5.95 Å². The minimum atomic E-state index is 0.541. The lowest BCUT2D eigenvalue weighted by Crippen LogP contribution is -2.03. The van der Waals surface area contributed by atoms with Crippen LogP contribution in [0.3, 0.4) is 0 Å². The van der Waals surface area contributed by atoms with Crippen molar-refractivity contribution in [3.63, 3.8) is 0 Å². The van der Waals surface area contributed by atoms with Gasteiger partial charge >= 0.3 is 0 Å². The second-order valence-electron chi connectivity index (χ2n) is 3.93. The van der Waals surface area contributed by atoms with Crippen molar-refractivity contribution in [2.75, 3.05) is 5.73 Å². The van der Waals surface area contributed by atoms with E-state index in [1.165, 1.54) is 9.75 Å². The highest BCUT2D eigenvalue weighted by atomic mass is 32.1. The molecule has 17 heavy (non-hydrogen) atoms. The number of nitrogens with two attached hydrogens (primary N) is 1. The van der Waals surface area contributed by atoms with Crippen LogP contribution in [0.25, 0.3) is 11.0 Å². The second-order valence-corrected chi connectivity index (χ2v) is 5.31. The standard InChI is InChI=1S/C12H12N4S/c1-8-2-3-9(17-8)7-16-11-4-5-14-6-10(11)15-12(16)13/h2-6H,7H2,1H3,(H2,13,15). The number of hydrogen-bond acceptors (Lipinski definition) is 4. The topological polar surface area (TPSA) is 56.7 Å². The molecule has 0 fully saturated rings. The fraction of sp³-hybridized carbons (Fsp3) is 0.167. The molecule has 5 heteroatoms. The monoisotopic (exact) mass is 244 g/mol. The van der Waals surface area contributed by atoms with Gasteiger partial charge in [0.25, 0.3) is 0 Å². The van der Waals surface area contributed by atoms with Crippen LogP contribution in [0.4, 0.5) is 5.95 Å². The number of aromatic nitrogens is 3. The molecule has 0 amide bonds. The lowest BCUT2D eigenvalue weighted by atomic mass is 10.4. The van der Waals surface area contributed by atoms with E-state index in [-0.39, 0.29) is 0 Å². The van der Waals surface area contributed by atoms with E-state index in [1.807, 2.05) is 10.6 Å². The van der Waals surface area contributed by atoms with Gasteiger partial charge in [-0.3, -0.25) is 4.98 Å². The highest BCUT2D eigenvalue weighted by Crippen LogP contribution is 2.21. The van der Waals surface area contributed by atoms with Crippen molar-refractivity contribution in [1.82, 2.24) is 14.5 Å². The number of anilines is 1. The Morgan fingerprint density at radius 1 is 1.35 bits per heavy atom. The van der Waals surface area contributed by atoms with Gasteiger partial charge in [-0.2, -0.15) is 0 Å². The summed E-state index contributed by atoms with van der Waals surface area (Å²) in [6.45, 7) is 2.87. The van der Waals surface area contributed by atoms with Gasteiger partial charge in [0, 0.05) is 16.0 Å². The molecule has 3 heterocycles. The summed E-state index contributed by atoms with van der Waals surface area (Å²) in [4.78, 5) is 10.9. The van der Waals surface area contributed by atoms with Crippen molar-refractivity contribution in [3.05, 3.63) is 40.3 Å². The number of thiophene rings is 1. The number of hydrogen-bond donors (Lipinski definition) is 1. The first-order valence-corrected chi connectivity index (χ1v) is 6.17. The lowest BCUT2D eigenvalue weighted by Gasteiger charge is -2.03. The van der Waals surface area contributed by atoms with Crippen LogP contribution in [-0.4, -0.2) is 14.5 Å². The Bertz CT molecular complexity index is 668. The summed E-state index contributed by atoms with van der Waals surface area (Å²) >= 11 is 1.78. The molecule has 0 aliphatic carbocycles. The van der Waals surface area contributed by atoms with Gasteiger partial charge in [0.1, 0.15) is 5.52 Å². The fourth-order valence-electron chi connectivity index (χ4n) is 1.89. The molecule has 0 saturated carbocycles. The Kier molecular flexibility index (Phi) is 2.33. The van der Waals surface area contributed by atoms with E-state index >= 15 is 0 Å². The summed E-state index contributed by atoms with van der Waals surface area (Å²) < 4.78 is 2.02. The van der Waals surface area contributed by atoms with Gasteiger partial charge in [0.2, 0.25) is 5.95 Å². The van der Waals surface area contributed by atoms with E-state index in [9.17, 15) is 0 Å². The number of fused-ring (bicyclic) bond motifs is 1. The van der Waals surface area contributed by atoms with Crippen molar-refractivity contribution in [2.24, 2.45) is 0 Å². The van der Waals surface area contributed by atoms with E-state index in [1.54, 1.807) is 23.7 Å². The average molecular weight is 244 g/mol. The average Bonchev–Trinajstić information content (AvgIpc) is 2.85. The molecule has 0 aliphatic rings. The minimum absolute atomic E-state index is 0.541. The smallest absolute Gasteiger partial charge is 0.201 e. The molecule has 0 saturated heterocycles. The highest BCUT2D eigenvalue weighted by Gasteiger charge is 2.08. The SMILES string of the molecule is Cc1ccc(Cn2c(N)nc3cnccc32)s1. The predicted octanol–water partition coefficient (Wildman–Crippen LogP) is 2.43. The summed E-state index contributed by atoms with van der Waals surface area (Å²) in [5, 5.41) is 0. The van der Waals surface area contributed by atoms with Gasteiger partial charge < -0.3 is 10.3 Å². The van der Waals surface area contributed by atoms with E-state index in [0.717, 1.165) is 17.6 Å². The van der Waals surface area contributed by atoms with Crippen LogP contribution in [-0.2, 0) is 6.54 Å². The third kappa shape index (κ3) is 1.78. The summed E-state index contributed by atoms with van der Waals surface area (Å²) in [6.07, 6.45) is 3.50. The summed E-state index contributed by atoms with van der Waals surface area (Å²) in [5.41, 5.74) is 7.81. The minimum Gasteiger partial charge on any atom is -0.369 e. The number of rotatable bonds is 2. The number of nitrogen functional groups attached to an aromatic ring is 1. The molecule has 0 aromatic carbocycles. The van der Waals surface area contributed by atoms with Crippen LogP contribution in [0, 0.1) is 6.92 Å². The summed E-state index contributed by atoms with van der Waals surface area (Å²) in [7, 11) is 0. The van der Waals surface area contributed by atoms with Crippen molar-refractivity contribution in [2.45, 2.75) is 13.5 Å². The number of pyridine rings is 1. The lowest BCUT2D eigenvalue weighted by molar-refractivity contribution is 0.852. The highest BCUT2D eigenvalue weighted by molar-refractivity contribution is 7.11. The molecular formula is C12H12N4S. The third-order valence-electron chi connectivity index (χ3n) is 2.69. The molecule has 0 radical (unpaired) electrons. The van der Waals surface area contributed by atoms with Crippen molar-refractivity contribution < 1.29 is 0 Å². The first kappa shape index (κ1) is 10.3. The molecule has 0 atom stereocenters. The van der Waals surface area contributed by atoms with Crippen molar-refractivity contribution >= 4 is 28.3 Å². The fourth-order valence-corrected chi connectivity index (χ4v) is 2.77. The zero-order valence-corrected chi connectivity index (χ0v) is 10.2. The zero-order valence-electron chi connectivity index (χ0n) is 9.42. The largest absolute Gasteiger partial charge is 0.369 e. The molecule has 4 nitrogen and oxygen atoms in total. The van der Waals surface area contributed by atoms with Crippen LogP contribution in [0.15, 0.2) is 30.6 Å². The first-order chi connectivity index (χ1) is 8.24. The van der Waals surface area contributed by atoms with E-state index < -0.39 is 0 Å². The maximum atomic E-state index is 5.94. The Morgan fingerprint density at radius 2 is 2.24 bits per heavy atom. The van der Waals surface area contributed by atoms with E-state index in [4.69, 9.17) is 5.73 Å². The zero-order chi connectivity index (χ0) is 11.8. The third-order valence-corrected chi connectivity index (χ3v) is 3.68. The van der Waals surface area contributed by atoms with Gasteiger partial charge in [-0.05, 0) is 25.1 Å². The number of aryl methyl sites for hydroxylation is 1. The van der Waals surface area contributed by atoms with Crippen molar-refractivity contribution in [3.8, 4) is 0 Å². The van der Waals surface area contributed by atoms with Crippen LogP contribution >= 0.6 is 11.3 Å². The normalized spacial score (nSPS) is 11.1. The molecule has 0 spiro atoms. The molecule has 86 valence electrons. The molecule has 2 N–H and O–H groups in total. The van der Waals surface area contributed by atoms with Gasteiger partial charge in [-0.15, -0.1) is 11.3 Å². The summed E-state index contributed by atoms with van der Waals surface area (Å²) in [5.74, 6) is 0.541. The number of nitrogens with zero attached hydrogens (tertiary/aromatic N) is 3. The molecule has 3 rings (SSSR count). The van der Waals surface area contributed by atoms with Crippen LogP contribution in [0.1, 0.15) is 9.75 Å². The Morgan fingerprint density at radius 3 is 3.00 bits per heavy atom. The second kappa shape index (κ2) is 3.85. The first-order valence-electron chi connectivity index (χ1n) is 5.35. The Balaban J connectivity index is 2.08. The molecule has 3 aromatic heterocycles. The van der Waals surface area contributed by atoms with Crippen LogP contribution in [0.5, 0.6) is 0 Å². The maximum absolute atomic E-state index is 5.94. The molecular weight excluding hydrogens is 232 g/mol. The molecule has 3 aromatic rings. The van der Waals surface area contributed by atoms with Gasteiger partial charge in [-0.25, -0.2) is 4.98 Å². The van der Waals surface area contributed by atoms with Crippen molar-refractivity contribution in [1.29, 1.82) is 0 Å². The van der Waals surface area contributed by atoms with Gasteiger partial charge in [0.15, 0.2) is 0 Å². The number of imidazole rings is 1. The quantitative estimate of drug-likeness (QED) is 0.753.